The van der Waals surface area contributed by atoms with E-state index in [9.17, 15) is 0 Å². The highest BCUT2D eigenvalue weighted by Gasteiger charge is 2.20. The van der Waals surface area contributed by atoms with Crippen LogP contribution in [0.2, 0.25) is 0 Å². The van der Waals surface area contributed by atoms with Crippen molar-refractivity contribution in [1.29, 1.82) is 0 Å². The van der Waals surface area contributed by atoms with Crippen LogP contribution in [-0.2, 0) is 0 Å². The third-order valence-corrected chi connectivity index (χ3v) is 5.27. The third-order valence-electron chi connectivity index (χ3n) is 5.27. The lowest BCUT2D eigenvalue weighted by atomic mass is 9.78. The zero-order valence-electron chi connectivity index (χ0n) is 14.5. The molecule has 0 aromatic heterocycles. The average Bonchev–Trinajstić information content (AvgIpc) is 2.47. The Hall–Kier alpha value is -0.160. The van der Waals surface area contributed by atoms with Gasteiger partial charge >= 0.3 is 0 Å². The van der Waals surface area contributed by atoms with Gasteiger partial charge in [-0.15, -0.1) is 0 Å². The highest BCUT2D eigenvalue weighted by molar-refractivity contribution is 4.73. The van der Waals surface area contributed by atoms with E-state index in [0.717, 1.165) is 24.7 Å². The summed E-state index contributed by atoms with van der Waals surface area (Å²) in [7, 11) is 0. The monoisotopic (exact) mass is 312 g/mol. The van der Waals surface area contributed by atoms with E-state index < -0.39 is 0 Å². The van der Waals surface area contributed by atoms with E-state index in [2.05, 4.69) is 0 Å². The standard InChI is InChI=1S/C18H40N4/c19-17(20)9-5-1-3-7-15-11-13-16(14-12-15)8-4-2-6-10-18(21)22/h15-18H,1-14,19-22H2. The molecule has 4 heteroatoms. The summed E-state index contributed by atoms with van der Waals surface area (Å²) >= 11 is 0. The van der Waals surface area contributed by atoms with Gasteiger partial charge < -0.3 is 22.9 Å². The Balaban J connectivity index is 1.92. The molecule has 0 aliphatic heterocycles. The van der Waals surface area contributed by atoms with Crippen molar-refractivity contribution in [3.63, 3.8) is 0 Å². The van der Waals surface area contributed by atoms with E-state index in [-0.39, 0.29) is 12.3 Å². The fourth-order valence-electron chi connectivity index (χ4n) is 3.79. The van der Waals surface area contributed by atoms with Gasteiger partial charge in [0.05, 0.1) is 12.3 Å². The molecule has 0 bridgehead atoms. The van der Waals surface area contributed by atoms with Crippen LogP contribution in [0.5, 0.6) is 0 Å². The minimum atomic E-state index is -0.115. The molecule has 4 nitrogen and oxygen atoms in total. The molecule has 0 heterocycles. The summed E-state index contributed by atoms with van der Waals surface area (Å²) in [6, 6.07) is 0. The first-order valence-corrected chi connectivity index (χ1v) is 9.60. The van der Waals surface area contributed by atoms with Crippen molar-refractivity contribution in [3.8, 4) is 0 Å². The van der Waals surface area contributed by atoms with Gasteiger partial charge in [0.15, 0.2) is 0 Å². The zero-order valence-corrected chi connectivity index (χ0v) is 14.5. The maximum Gasteiger partial charge on any atom is 0.0520 e. The molecule has 1 aliphatic carbocycles. The predicted octanol–water partition coefficient (Wildman–Crippen LogP) is 3.18. The molecule has 8 N–H and O–H groups in total. The van der Waals surface area contributed by atoms with Crippen molar-refractivity contribution in [2.75, 3.05) is 0 Å². The summed E-state index contributed by atoms with van der Waals surface area (Å²) < 4.78 is 0. The van der Waals surface area contributed by atoms with Gasteiger partial charge in [0.2, 0.25) is 0 Å². The summed E-state index contributed by atoms with van der Waals surface area (Å²) in [5.41, 5.74) is 22.3. The van der Waals surface area contributed by atoms with Gasteiger partial charge in [-0.1, -0.05) is 77.0 Å². The molecule has 132 valence electrons. The van der Waals surface area contributed by atoms with E-state index in [1.165, 1.54) is 77.0 Å². The molecule has 1 rings (SSSR count). The van der Waals surface area contributed by atoms with E-state index in [1.54, 1.807) is 0 Å². The maximum absolute atomic E-state index is 5.57. The molecule has 0 atom stereocenters. The van der Waals surface area contributed by atoms with Gasteiger partial charge in [0, 0.05) is 0 Å². The topological polar surface area (TPSA) is 104 Å². The lowest BCUT2D eigenvalue weighted by Crippen LogP contribution is -2.29. The number of unbranched alkanes of at least 4 members (excludes halogenated alkanes) is 4. The van der Waals surface area contributed by atoms with Crippen LogP contribution in [0.15, 0.2) is 0 Å². The first-order chi connectivity index (χ1) is 10.6. The molecule has 1 saturated carbocycles. The fourth-order valence-corrected chi connectivity index (χ4v) is 3.79. The van der Waals surface area contributed by atoms with Crippen LogP contribution < -0.4 is 22.9 Å². The average molecular weight is 313 g/mol. The number of hydrogen-bond acceptors (Lipinski definition) is 4. The Morgan fingerprint density at radius 3 is 1.23 bits per heavy atom. The van der Waals surface area contributed by atoms with Gasteiger partial charge in [0.1, 0.15) is 0 Å². The van der Waals surface area contributed by atoms with Crippen LogP contribution in [0.3, 0.4) is 0 Å². The Morgan fingerprint density at radius 2 is 0.909 bits per heavy atom. The Morgan fingerprint density at radius 1 is 0.545 bits per heavy atom. The lowest BCUT2D eigenvalue weighted by molar-refractivity contribution is 0.244. The molecule has 0 aromatic rings. The summed E-state index contributed by atoms with van der Waals surface area (Å²) in [5, 5.41) is 0. The summed E-state index contributed by atoms with van der Waals surface area (Å²) in [5.74, 6) is 1.97. The third kappa shape index (κ3) is 10.5. The molecular formula is C18H40N4. The van der Waals surface area contributed by atoms with Gasteiger partial charge in [-0.2, -0.15) is 0 Å². The van der Waals surface area contributed by atoms with Crippen LogP contribution in [0.25, 0.3) is 0 Å². The minimum Gasteiger partial charge on any atom is -0.316 e. The summed E-state index contributed by atoms with van der Waals surface area (Å²) in [4.78, 5) is 0. The van der Waals surface area contributed by atoms with Gasteiger partial charge in [-0.25, -0.2) is 0 Å². The molecular weight excluding hydrogens is 272 g/mol. The van der Waals surface area contributed by atoms with Gasteiger partial charge in [-0.05, 0) is 24.7 Å². The smallest absolute Gasteiger partial charge is 0.0520 e. The number of nitrogens with two attached hydrogens (primary N) is 4. The first-order valence-electron chi connectivity index (χ1n) is 9.60. The lowest BCUT2D eigenvalue weighted by Gasteiger charge is -2.28. The molecule has 1 fully saturated rings. The fraction of sp³-hybridized carbons (Fsp3) is 1.00. The minimum absolute atomic E-state index is 0.115. The summed E-state index contributed by atoms with van der Waals surface area (Å²) in [6.45, 7) is 0. The molecule has 0 saturated heterocycles. The molecule has 1 aliphatic rings. The quantitative estimate of drug-likeness (QED) is 0.328. The van der Waals surface area contributed by atoms with Crippen LogP contribution in [-0.4, -0.2) is 12.3 Å². The zero-order chi connectivity index (χ0) is 16.2. The van der Waals surface area contributed by atoms with Gasteiger partial charge in [-0.3, -0.25) is 0 Å². The van der Waals surface area contributed by atoms with E-state index in [1.807, 2.05) is 0 Å². The Kier molecular flexibility index (Phi) is 11.1. The second-order valence-electron chi connectivity index (χ2n) is 7.49. The van der Waals surface area contributed by atoms with Crippen molar-refractivity contribution < 1.29 is 0 Å². The van der Waals surface area contributed by atoms with E-state index >= 15 is 0 Å². The van der Waals surface area contributed by atoms with Crippen LogP contribution in [0.4, 0.5) is 0 Å². The predicted molar refractivity (Wildman–Crippen MR) is 95.9 cm³/mol. The van der Waals surface area contributed by atoms with Crippen LogP contribution in [0.1, 0.15) is 89.9 Å². The molecule has 0 spiro atoms. The molecule has 0 radical (unpaired) electrons. The van der Waals surface area contributed by atoms with Crippen LogP contribution >= 0.6 is 0 Å². The molecule has 0 aromatic carbocycles. The van der Waals surface area contributed by atoms with E-state index in [4.69, 9.17) is 22.9 Å². The Bertz CT molecular complexity index is 221. The van der Waals surface area contributed by atoms with Crippen molar-refractivity contribution >= 4 is 0 Å². The number of hydrogen-bond donors (Lipinski definition) is 4. The molecule has 0 unspecified atom stereocenters. The SMILES string of the molecule is NC(N)CCCCCC1CCC(CCCCCC(N)N)CC1. The second-order valence-corrected chi connectivity index (χ2v) is 7.49. The maximum atomic E-state index is 5.57. The molecule has 0 amide bonds. The van der Waals surface area contributed by atoms with Crippen molar-refractivity contribution in [1.82, 2.24) is 0 Å². The second kappa shape index (κ2) is 12.3. The van der Waals surface area contributed by atoms with E-state index in [0.29, 0.717) is 0 Å². The first kappa shape index (κ1) is 19.9. The normalized spacial score (nSPS) is 22.6. The highest BCUT2D eigenvalue weighted by atomic mass is 14.8. The van der Waals surface area contributed by atoms with Crippen molar-refractivity contribution in [2.24, 2.45) is 34.8 Å². The van der Waals surface area contributed by atoms with Crippen LogP contribution in [0, 0.1) is 11.8 Å². The number of rotatable bonds is 12. The summed E-state index contributed by atoms with van der Waals surface area (Å²) in [6.07, 6.45) is 18.1. The van der Waals surface area contributed by atoms with Crippen molar-refractivity contribution in [3.05, 3.63) is 0 Å². The highest BCUT2D eigenvalue weighted by Crippen LogP contribution is 2.34. The Labute approximate surface area is 137 Å². The van der Waals surface area contributed by atoms with Crippen molar-refractivity contribution in [2.45, 2.75) is 102 Å². The van der Waals surface area contributed by atoms with Gasteiger partial charge in [0.25, 0.3) is 0 Å². The molecule has 22 heavy (non-hydrogen) atoms. The largest absolute Gasteiger partial charge is 0.316 e.